The number of aliphatic hydroxyl groups is 1. The van der Waals surface area contributed by atoms with E-state index in [1.807, 2.05) is 78.9 Å². The fourth-order valence-electron chi connectivity index (χ4n) is 4.29. The van der Waals surface area contributed by atoms with Crippen molar-refractivity contribution in [3.05, 3.63) is 95.6 Å². The average molecular weight is 451 g/mol. The highest BCUT2D eigenvalue weighted by atomic mass is 16.6. The molecule has 174 valence electrons. The minimum absolute atomic E-state index is 0.175. The van der Waals surface area contributed by atoms with Gasteiger partial charge in [-0.1, -0.05) is 54.6 Å². The van der Waals surface area contributed by atoms with Crippen LogP contribution in [0.2, 0.25) is 0 Å². The van der Waals surface area contributed by atoms with Crippen LogP contribution in [0.1, 0.15) is 16.7 Å². The van der Waals surface area contributed by atoms with Gasteiger partial charge in [0.25, 0.3) is 0 Å². The maximum absolute atomic E-state index is 10.6. The van der Waals surface area contributed by atoms with Gasteiger partial charge in [0.2, 0.25) is 0 Å². The molecule has 1 heterocycles. The molecular weight excluding hydrogens is 420 g/mol. The lowest BCUT2D eigenvalue weighted by Gasteiger charge is -2.37. The number of methoxy groups -OCH3 is 3. The Morgan fingerprint density at radius 2 is 1.30 bits per heavy atom. The molecule has 1 aliphatic rings. The van der Waals surface area contributed by atoms with Gasteiger partial charge in [-0.05, 0) is 41.0 Å². The van der Waals surface area contributed by atoms with E-state index in [9.17, 15) is 5.11 Å². The van der Waals surface area contributed by atoms with Crippen LogP contribution >= 0.6 is 0 Å². The second kappa shape index (κ2) is 10.4. The van der Waals surface area contributed by atoms with Gasteiger partial charge in [-0.2, -0.15) is 0 Å². The maximum Gasteiger partial charge on any atom is 0.143 e. The zero-order chi connectivity index (χ0) is 23.3. The molecule has 0 amide bonds. The van der Waals surface area contributed by atoms with Crippen LogP contribution in [-0.2, 0) is 19.8 Å². The highest BCUT2D eigenvalue weighted by Gasteiger charge is 2.42. The quantitative estimate of drug-likeness (QED) is 0.501. The van der Waals surface area contributed by atoms with Gasteiger partial charge >= 0.3 is 0 Å². The smallest absolute Gasteiger partial charge is 0.143 e. The summed E-state index contributed by atoms with van der Waals surface area (Å²) < 4.78 is 28.7. The minimum atomic E-state index is -0.950. The number of ether oxygens (including phenoxy) is 5. The Kier molecular flexibility index (Phi) is 7.30. The van der Waals surface area contributed by atoms with Crippen molar-refractivity contribution in [2.75, 3.05) is 34.5 Å². The van der Waals surface area contributed by atoms with Gasteiger partial charge in [0.05, 0.1) is 27.4 Å². The topological polar surface area (TPSA) is 66.4 Å². The number of benzene rings is 3. The van der Waals surface area contributed by atoms with Crippen molar-refractivity contribution in [1.82, 2.24) is 0 Å². The molecule has 1 N–H and O–H groups in total. The Hall–Kier alpha value is -2.90. The number of hydrogen-bond acceptors (Lipinski definition) is 6. The number of aliphatic hydroxyl groups excluding tert-OH is 1. The van der Waals surface area contributed by atoms with Gasteiger partial charge < -0.3 is 28.8 Å². The van der Waals surface area contributed by atoms with Crippen molar-refractivity contribution < 1.29 is 28.8 Å². The van der Waals surface area contributed by atoms with E-state index in [0.29, 0.717) is 6.61 Å². The molecule has 3 atom stereocenters. The Bertz CT molecular complexity index is 956. The first-order valence-corrected chi connectivity index (χ1v) is 10.9. The first-order chi connectivity index (χ1) is 16.1. The Morgan fingerprint density at radius 3 is 1.76 bits per heavy atom. The van der Waals surface area contributed by atoms with Crippen LogP contribution in [0.5, 0.6) is 11.5 Å². The molecule has 4 rings (SSSR count). The van der Waals surface area contributed by atoms with E-state index in [2.05, 4.69) is 0 Å². The summed E-state index contributed by atoms with van der Waals surface area (Å²) in [6, 6.07) is 25.7. The van der Waals surface area contributed by atoms with Crippen LogP contribution in [0.4, 0.5) is 0 Å². The van der Waals surface area contributed by atoms with Crippen LogP contribution in [0.3, 0.4) is 0 Å². The molecule has 6 nitrogen and oxygen atoms in total. The Labute approximate surface area is 194 Å². The maximum atomic E-state index is 10.6. The summed E-state index contributed by atoms with van der Waals surface area (Å²) in [6.07, 6.45) is -1.64. The monoisotopic (exact) mass is 450 g/mol. The molecule has 3 aromatic rings. The largest absolute Gasteiger partial charge is 0.497 e. The standard InChI is InChI=1S/C27H30O6/c1-29-22-13-9-20(10-14-22)27(19-7-5-4-6-8-19,21-11-15-23(30-2)16-12-21)33-18-25-26(28)24(31-3)17-32-25/h4-16,24-26,28H,17-18H2,1-3H3/t24?,25-,26?/m1/s1. The summed E-state index contributed by atoms with van der Waals surface area (Å²) in [4.78, 5) is 0. The van der Waals surface area contributed by atoms with Crippen LogP contribution in [-0.4, -0.2) is 58.0 Å². The van der Waals surface area contributed by atoms with E-state index >= 15 is 0 Å². The highest BCUT2D eigenvalue weighted by molar-refractivity contribution is 5.49. The lowest BCUT2D eigenvalue weighted by Crippen LogP contribution is -2.39. The fraction of sp³-hybridized carbons (Fsp3) is 0.333. The summed E-state index contributed by atoms with van der Waals surface area (Å²) in [6.45, 7) is 0.503. The molecule has 6 heteroatoms. The molecule has 1 saturated heterocycles. The van der Waals surface area contributed by atoms with Crippen LogP contribution in [0.25, 0.3) is 0 Å². The third-order valence-electron chi connectivity index (χ3n) is 6.18. The van der Waals surface area contributed by atoms with E-state index in [1.165, 1.54) is 0 Å². The van der Waals surface area contributed by atoms with Crippen molar-refractivity contribution >= 4 is 0 Å². The number of rotatable bonds is 9. The molecule has 2 unspecified atom stereocenters. The molecule has 33 heavy (non-hydrogen) atoms. The molecule has 0 spiro atoms. The zero-order valence-corrected chi connectivity index (χ0v) is 19.1. The fourth-order valence-corrected chi connectivity index (χ4v) is 4.29. The van der Waals surface area contributed by atoms with Gasteiger partial charge in [0, 0.05) is 7.11 Å². The van der Waals surface area contributed by atoms with Crippen molar-refractivity contribution in [3.8, 4) is 11.5 Å². The molecule has 1 aliphatic heterocycles. The Balaban J connectivity index is 1.81. The second-order valence-corrected chi connectivity index (χ2v) is 7.95. The lowest BCUT2D eigenvalue weighted by molar-refractivity contribution is -0.0738. The molecular formula is C27H30O6. The third kappa shape index (κ3) is 4.61. The van der Waals surface area contributed by atoms with E-state index in [0.717, 1.165) is 28.2 Å². The van der Waals surface area contributed by atoms with E-state index in [1.54, 1.807) is 21.3 Å². The first kappa shape index (κ1) is 23.3. The van der Waals surface area contributed by atoms with Gasteiger partial charge in [0.15, 0.2) is 0 Å². The van der Waals surface area contributed by atoms with Crippen molar-refractivity contribution in [1.29, 1.82) is 0 Å². The van der Waals surface area contributed by atoms with E-state index < -0.39 is 17.8 Å². The molecule has 0 aliphatic carbocycles. The summed E-state index contributed by atoms with van der Waals surface area (Å²) in [5.74, 6) is 1.51. The second-order valence-electron chi connectivity index (χ2n) is 7.95. The van der Waals surface area contributed by atoms with Crippen molar-refractivity contribution in [2.24, 2.45) is 0 Å². The summed E-state index contributed by atoms with van der Waals surface area (Å²) in [7, 11) is 4.86. The van der Waals surface area contributed by atoms with E-state index in [-0.39, 0.29) is 12.7 Å². The summed E-state index contributed by atoms with van der Waals surface area (Å²) >= 11 is 0. The molecule has 3 aromatic carbocycles. The SMILES string of the molecule is COc1ccc(C(OC[C@H]2OCC(OC)C2O)(c2ccccc2)c2ccc(OC)cc2)cc1. The van der Waals surface area contributed by atoms with Crippen LogP contribution < -0.4 is 9.47 Å². The summed E-state index contributed by atoms with van der Waals surface area (Å²) in [5, 5.41) is 10.6. The van der Waals surface area contributed by atoms with E-state index in [4.69, 9.17) is 23.7 Å². The average Bonchev–Trinajstić information content (AvgIpc) is 3.25. The van der Waals surface area contributed by atoms with Gasteiger partial charge in [-0.25, -0.2) is 0 Å². The van der Waals surface area contributed by atoms with Crippen molar-refractivity contribution in [3.63, 3.8) is 0 Å². The Morgan fingerprint density at radius 1 is 0.788 bits per heavy atom. The normalized spacial score (nSPS) is 20.5. The molecule has 0 aromatic heterocycles. The predicted octanol–water partition coefficient (Wildman–Crippen LogP) is 3.79. The molecule has 0 saturated carbocycles. The van der Waals surface area contributed by atoms with Crippen LogP contribution in [0, 0.1) is 0 Å². The zero-order valence-electron chi connectivity index (χ0n) is 19.1. The molecule has 0 bridgehead atoms. The van der Waals surface area contributed by atoms with Crippen LogP contribution in [0.15, 0.2) is 78.9 Å². The van der Waals surface area contributed by atoms with Gasteiger partial charge in [-0.3, -0.25) is 0 Å². The summed E-state index contributed by atoms with van der Waals surface area (Å²) in [5.41, 5.74) is 1.86. The first-order valence-electron chi connectivity index (χ1n) is 10.9. The predicted molar refractivity (Wildman–Crippen MR) is 125 cm³/mol. The molecule has 0 radical (unpaired) electrons. The molecule has 1 fully saturated rings. The lowest BCUT2D eigenvalue weighted by atomic mass is 9.80. The van der Waals surface area contributed by atoms with Crippen molar-refractivity contribution in [2.45, 2.75) is 23.9 Å². The minimum Gasteiger partial charge on any atom is -0.497 e. The third-order valence-corrected chi connectivity index (χ3v) is 6.18. The number of hydrogen-bond donors (Lipinski definition) is 1. The van der Waals surface area contributed by atoms with Gasteiger partial charge in [-0.15, -0.1) is 0 Å². The highest BCUT2D eigenvalue weighted by Crippen LogP contribution is 2.42. The van der Waals surface area contributed by atoms with Gasteiger partial charge in [0.1, 0.15) is 35.4 Å².